The van der Waals surface area contributed by atoms with E-state index in [1.165, 1.54) is 0 Å². The Hall–Kier alpha value is -2.80. The second-order valence-electron chi connectivity index (χ2n) is 7.14. The fraction of sp³-hybridized carbons (Fsp3) is 0.333. The van der Waals surface area contributed by atoms with Crippen molar-refractivity contribution in [1.29, 1.82) is 0 Å². The lowest BCUT2D eigenvalue weighted by atomic mass is 9.76. The third-order valence-corrected chi connectivity index (χ3v) is 5.15. The van der Waals surface area contributed by atoms with E-state index in [0.717, 1.165) is 27.7 Å². The summed E-state index contributed by atoms with van der Waals surface area (Å²) in [4.78, 5) is 25.3. The number of Topliss-reactive ketones (excluding diaryl/α,β-unsaturated/α-hetero) is 1. The van der Waals surface area contributed by atoms with Crippen LogP contribution in [0.3, 0.4) is 0 Å². The van der Waals surface area contributed by atoms with E-state index in [4.69, 9.17) is 0 Å². The molecule has 1 aromatic carbocycles. The number of carbonyl (C=O) groups is 1. The van der Waals surface area contributed by atoms with Gasteiger partial charge in [-0.05, 0) is 30.4 Å². The highest BCUT2D eigenvalue weighted by atomic mass is 19.3. The summed E-state index contributed by atoms with van der Waals surface area (Å²) in [6, 6.07) is 7.91. The highest BCUT2D eigenvalue weighted by Gasteiger charge is 2.34. The van der Waals surface area contributed by atoms with Gasteiger partial charge in [0.05, 0.1) is 18.4 Å². The van der Waals surface area contributed by atoms with E-state index in [9.17, 15) is 13.6 Å². The van der Waals surface area contributed by atoms with Crippen molar-refractivity contribution in [1.82, 2.24) is 20.3 Å². The van der Waals surface area contributed by atoms with Crippen molar-refractivity contribution in [3.63, 3.8) is 0 Å². The standard InChI is InChI=1S/C21H20F2N4O/c22-21(23)12-27-17-7-16(8-17)20(28)9-18-6-15-5-13(1-2-14(15)10-26-18)19-11-24-3-4-25-19/h1-6,10-11,16-17,21,27H,7-9,12H2. The van der Waals surface area contributed by atoms with Gasteiger partial charge < -0.3 is 5.32 Å². The van der Waals surface area contributed by atoms with Crippen LogP contribution in [0.25, 0.3) is 22.0 Å². The molecule has 0 aliphatic heterocycles. The number of hydrogen-bond acceptors (Lipinski definition) is 5. The minimum atomic E-state index is -2.36. The Morgan fingerprint density at radius 3 is 2.71 bits per heavy atom. The number of aromatic nitrogens is 3. The van der Waals surface area contributed by atoms with Gasteiger partial charge in [0.2, 0.25) is 0 Å². The van der Waals surface area contributed by atoms with Gasteiger partial charge >= 0.3 is 0 Å². The van der Waals surface area contributed by atoms with Gasteiger partial charge in [-0.1, -0.05) is 12.1 Å². The first-order valence-electron chi connectivity index (χ1n) is 9.28. The molecule has 0 amide bonds. The van der Waals surface area contributed by atoms with E-state index in [1.807, 2.05) is 24.3 Å². The van der Waals surface area contributed by atoms with E-state index in [1.54, 1.807) is 24.8 Å². The van der Waals surface area contributed by atoms with Crippen molar-refractivity contribution in [3.05, 3.63) is 54.7 Å². The number of halogens is 2. The summed E-state index contributed by atoms with van der Waals surface area (Å²) in [6.45, 7) is -0.314. The van der Waals surface area contributed by atoms with Gasteiger partial charge in [-0.25, -0.2) is 8.78 Å². The fourth-order valence-electron chi connectivity index (χ4n) is 3.52. The maximum atomic E-state index is 12.5. The Balaban J connectivity index is 1.42. The molecule has 0 atom stereocenters. The molecular formula is C21H20F2N4O. The SMILES string of the molecule is O=C(Cc1cc2cc(-c3cnccn3)ccc2cn1)C1CC(NCC(F)F)C1. The average Bonchev–Trinajstić information content (AvgIpc) is 2.66. The maximum absolute atomic E-state index is 12.5. The van der Waals surface area contributed by atoms with Crippen LogP contribution in [-0.2, 0) is 11.2 Å². The zero-order chi connectivity index (χ0) is 19.5. The second-order valence-corrected chi connectivity index (χ2v) is 7.14. The molecule has 28 heavy (non-hydrogen) atoms. The van der Waals surface area contributed by atoms with Crippen LogP contribution in [0.4, 0.5) is 8.78 Å². The molecule has 4 rings (SSSR count). The topological polar surface area (TPSA) is 67.8 Å². The van der Waals surface area contributed by atoms with Crippen LogP contribution >= 0.6 is 0 Å². The molecule has 2 aromatic heterocycles. The van der Waals surface area contributed by atoms with Crippen molar-refractivity contribution in [2.24, 2.45) is 5.92 Å². The molecule has 1 aliphatic rings. The number of fused-ring (bicyclic) bond motifs is 1. The summed E-state index contributed by atoms with van der Waals surface area (Å²) >= 11 is 0. The number of pyridine rings is 1. The molecule has 0 unspecified atom stereocenters. The predicted molar refractivity (Wildman–Crippen MR) is 102 cm³/mol. The molecule has 1 aliphatic carbocycles. The van der Waals surface area contributed by atoms with Gasteiger partial charge in [-0.15, -0.1) is 0 Å². The summed E-state index contributed by atoms with van der Waals surface area (Å²) in [7, 11) is 0. The Kier molecular flexibility index (Phi) is 5.34. The quantitative estimate of drug-likeness (QED) is 0.678. The van der Waals surface area contributed by atoms with Crippen LogP contribution in [0, 0.1) is 5.92 Å². The molecule has 1 saturated carbocycles. The van der Waals surface area contributed by atoms with Crippen LogP contribution in [0.2, 0.25) is 0 Å². The molecule has 2 heterocycles. The van der Waals surface area contributed by atoms with Crippen molar-refractivity contribution in [2.45, 2.75) is 31.7 Å². The van der Waals surface area contributed by atoms with Gasteiger partial charge in [-0.3, -0.25) is 19.7 Å². The minimum absolute atomic E-state index is 0.0158. The van der Waals surface area contributed by atoms with Crippen LogP contribution in [0.5, 0.6) is 0 Å². The number of hydrogen-bond donors (Lipinski definition) is 1. The fourth-order valence-corrected chi connectivity index (χ4v) is 3.52. The normalized spacial score (nSPS) is 19.0. The van der Waals surface area contributed by atoms with Gasteiger partial charge in [0.25, 0.3) is 6.43 Å². The van der Waals surface area contributed by atoms with E-state index < -0.39 is 6.43 Å². The third-order valence-electron chi connectivity index (χ3n) is 5.15. The number of nitrogens with one attached hydrogen (secondary N) is 1. The minimum Gasteiger partial charge on any atom is -0.309 e. The summed E-state index contributed by atoms with van der Waals surface area (Å²) in [5.41, 5.74) is 2.46. The molecule has 144 valence electrons. The largest absolute Gasteiger partial charge is 0.309 e. The van der Waals surface area contributed by atoms with Crippen LogP contribution in [-0.4, -0.2) is 39.7 Å². The summed E-state index contributed by atoms with van der Waals surface area (Å²) in [6.07, 6.45) is 5.91. The van der Waals surface area contributed by atoms with E-state index in [2.05, 4.69) is 20.3 Å². The predicted octanol–water partition coefficient (Wildman–Crippen LogP) is 3.44. The number of carbonyl (C=O) groups excluding carboxylic acids is 1. The number of alkyl halides is 2. The van der Waals surface area contributed by atoms with E-state index in [0.29, 0.717) is 12.8 Å². The number of ketones is 1. The molecule has 0 saturated heterocycles. The zero-order valence-corrected chi connectivity index (χ0v) is 15.2. The highest BCUT2D eigenvalue weighted by Crippen LogP contribution is 2.30. The Morgan fingerprint density at radius 2 is 1.96 bits per heavy atom. The number of nitrogens with zero attached hydrogens (tertiary/aromatic N) is 3. The van der Waals surface area contributed by atoms with Gasteiger partial charge in [0.15, 0.2) is 0 Å². The first kappa shape index (κ1) is 18.6. The van der Waals surface area contributed by atoms with Crippen LogP contribution in [0.1, 0.15) is 18.5 Å². The average molecular weight is 382 g/mol. The van der Waals surface area contributed by atoms with Gasteiger partial charge in [0, 0.05) is 53.6 Å². The molecular weight excluding hydrogens is 362 g/mol. The molecule has 0 spiro atoms. The van der Waals surface area contributed by atoms with Gasteiger partial charge in [-0.2, -0.15) is 0 Å². The maximum Gasteiger partial charge on any atom is 0.250 e. The smallest absolute Gasteiger partial charge is 0.250 e. The third kappa shape index (κ3) is 4.20. The Bertz CT molecular complexity index is 975. The van der Waals surface area contributed by atoms with Crippen LogP contribution < -0.4 is 5.32 Å². The first-order valence-corrected chi connectivity index (χ1v) is 9.28. The van der Waals surface area contributed by atoms with Gasteiger partial charge in [0.1, 0.15) is 5.78 Å². The lowest BCUT2D eigenvalue weighted by Crippen LogP contribution is -2.46. The molecule has 1 fully saturated rings. The summed E-state index contributed by atoms with van der Waals surface area (Å²) in [5.74, 6) is 0.0469. The molecule has 7 heteroatoms. The second kappa shape index (κ2) is 8.06. The first-order chi connectivity index (χ1) is 13.6. The van der Waals surface area contributed by atoms with Crippen molar-refractivity contribution < 1.29 is 13.6 Å². The molecule has 1 N–H and O–H groups in total. The molecule has 0 radical (unpaired) electrons. The highest BCUT2D eigenvalue weighted by molar-refractivity contribution is 5.88. The summed E-state index contributed by atoms with van der Waals surface area (Å²) in [5, 5.41) is 4.77. The number of rotatable bonds is 7. The van der Waals surface area contributed by atoms with E-state index in [-0.39, 0.29) is 30.7 Å². The van der Waals surface area contributed by atoms with Crippen molar-refractivity contribution in [3.8, 4) is 11.3 Å². The Morgan fingerprint density at radius 1 is 1.11 bits per heavy atom. The zero-order valence-electron chi connectivity index (χ0n) is 15.2. The molecule has 3 aromatic rings. The lowest BCUT2D eigenvalue weighted by Gasteiger charge is -2.34. The number of benzene rings is 1. The van der Waals surface area contributed by atoms with Crippen molar-refractivity contribution in [2.75, 3.05) is 6.54 Å². The molecule has 5 nitrogen and oxygen atoms in total. The van der Waals surface area contributed by atoms with E-state index >= 15 is 0 Å². The molecule has 0 bridgehead atoms. The monoisotopic (exact) mass is 382 g/mol. The lowest BCUT2D eigenvalue weighted by molar-refractivity contribution is -0.125. The summed E-state index contributed by atoms with van der Waals surface area (Å²) < 4.78 is 24.4. The Labute approximate surface area is 161 Å². The van der Waals surface area contributed by atoms with Crippen LogP contribution in [0.15, 0.2) is 49.1 Å². The van der Waals surface area contributed by atoms with Crippen molar-refractivity contribution >= 4 is 16.6 Å².